The third-order valence-electron chi connectivity index (χ3n) is 5.06. The minimum Gasteiger partial charge on any atom is -0.423 e. The molecule has 0 amide bonds. The van der Waals surface area contributed by atoms with Gasteiger partial charge < -0.3 is 9.47 Å². The summed E-state index contributed by atoms with van der Waals surface area (Å²) in [5.74, 6) is -1.39. The smallest absolute Gasteiger partial charge is 0.343 e. The van der Waals surface area contributed by atoms with Crippen molar-refractivity contribution in [2.75, 3.05) is 0 Å². The number of rotatable bonds is 8. The van der Waals surface area contributed by atoms with Gasteiger partial charge >= 0.3 is 11.9 Å². The molecule has 0 saturated heterocycles. The first-order valence-corrected chi connectivity index (χ1v) is 13.6. The molecule has 8 nitrogen and oxygen atoms in total. The minimum absolute atomic E-state index is 0.0502. The summed E-state index contributed by atoms with van der Waals surface area (Å²) in [5, 5.41) is 5.05. The summed E-state index contributed by atoms with van der Waals surface area (Å²) in [4.78, 5) is 27.3. The summed E-state index contributed by atoms with van der Waals surface area (Å²) in [6.45, 7) is 0. The Kier molecular flexibility index (Phi) is 8.88. The molecule has 0 unspecified atom stereocenters. The predicted molar refractivity (Wildman–Crippen MR) is 149 cm³/mol. The zero-order chi connectivity index (χ0) is 28.0. The topological polar surface area (TPSA) is 111 Å². The van der Waals surface area contributed by atoms with E-state index in [2.05, 4.69) is 9.93 Å². The Morgan fingerprint density at radius 2 is 1.18 bits per heavy atom. The molecule has 0 aliphatic heterocycles. The fraction of sp³-hybridized carbons (Fsp3) is 0. The van der Waals surface area contributed by atoms with E-state index in [1.165, 1.54) is 78.9 Å². The number of hydrogen-bond acceptors (Lipinski definition) is 7. The monoisotopic (exact) mass is 602 g/mol. The number of ether oxygens (including phenoxy) is 2. The van der Waals surface area contributed by atoms with Crippen molar-refractivity contribution in [2.45, 2.75) is 4.90 Å². The Labute approximate surface area is 238 Å². The first kappa shape index (κ1) is 28.1. The van der Waals surface area contributed by atoms with Gasteiger partial charge in [-0.15, -0.1) is 0 Å². The first-order chi connectivity index (χ1) is 18.6. The van der Waals surface area contributed by atoms with Gasteiger partial charge in [0.1, 0.15) is 11.5 Å². The van der Waals surface area contributed by atoms with E-state index < -0.39 is 22.0 Å². The highest BCUT2D eigenvalue weighted by Crippen LogP contribution is 2.26. The molecule has 12 heteroatoms. The molecule has 39 heavy (non-hydrogen) atoms. The Balaban J connectivity index is 1.59. The van der Waals surface area contributed by atoms with Crippen LogP contribution in [0.2, 0.25) is 15.1 Å². The normalized spacial score (nSPS) is 11.3. The Morgan fingerprint density at radius 1 is 0.692 bits per heavy atom. The standard InChI is InChI=1S/C27H17Cl3N2O6S/c28-20-6-1-17(2-7-20)26(33)37-23-12-5-19(16-31-32-39(35,36)24-13-10-22(30)11-14-24)25(15-23)38-27(34)18-3-8-21(29)9-4-18/h1-16,32H/b31-16+. The number of halogens is 3. The van der Waals surface area contributed by atoms with Gasteiger partial charge in [0.15, 0.2) is 0 Å². The second-order valence-corrected chi connectivity index (χ2v) is 10.8. The van der Waals surface area contributed by atoms with E-state index in [9.17, 15) is 18.0 Å². The summed E-state index contributed by atoms with van der Waals surface area (Å²) in [7, 11) is -3.99. The molecule has 4 rings (SSSR count). The molecule has 4 aromatic rings. The van der Waals surface area contributed by atoms with Gasteiger partial charge in [0.05, 0.1) is 22.2 Å². The van der Waals surface area contributed by atoms with Gasteiger partial charge in [-0.1, -0.05) is 34.8 Å². The number of carbonyl (C=O) groups excluding carboxylic acids is 2. The number of benzene rings is 4. The van der Waals surface area contributed by atoms with Crippen molar-refractivity contribution in [1.29, 1.82) is 0 Å². The van der Waals surface area contributed by atoms with Crippen LogP contribution in [0.3, 0.4) is 0 Å². The third kappa shape index (κ3) is 7.58. The van der Waals surface area contributed by atoms with Gasteiger partial charge in [0.2, 0.25) is 0 Å². The molecule has 0 aromatic heterocycles. The number of nitrogens with one attached hydrogen (secondary N) is 1. The van der Waals surface area contributed by atoms with Crippen molar-refractivity contribution in [2.24, 2.45) is 5.10 Å². The van der Waals surface area contributed by atoms with Crippen LogP contribution in [0.25, 0.3) is 0 Å². The van der Waals surface area contributed by atoms with E-state index in [-0.39, 0.29) is 33.1 Å². The van der Waals surface area contributed by atoms with Gasteiger partial charge in [0.25, 0.3) is 10.0 Å². The zero-order valence-electron chi connectivity index (χ0n) is 19.7. The minimum atomic E-state index is -3.99. The lowest BCUT2D eigenvalue weighted by Crippen LogP contribution is -2.18. The van der Waals surface area contributed by atoms with Crippen molar-refractivity contribution < 1.29 is 27.5 Å². The van der Waals surface area contributed by atoms with E-state index in [4.69, 9.17) is 44.3 Å². The van der Waals surface area contributed by atoms with Gasteiger partial charge in [-0.2, -0.15) is 13.5 Å². The summed E-state index contributed by atoms with van der Waals surface area (Å²) in [6, 6.07) is 21.8. The zero-order valence-corrected chi connectivity index (χ0v) is 22.8. The first-order valence-electron chi connectivity index (χ1n) is 11.0. The second-order valence-electron chi connectivity index (χ2n) is 7.80. The quantitative estimate of drug-likeness (QED) is 0.108. The van der Waals surface area contributed by atoms with E-state index in [1.807, 2.05) is 0 Å². The summed E-state index contributed by atoms with van der Waals surface area (Å²) < 4.78 is 35.9. The molecular weight excluding hydrogens is 587 g/mol. The van der Waals surface area contributed by atoms with Crippen LogP contribution >= 0.6 is 34.8 Å². The number of nitrogens with zero attached hydrogens (tertiary/aromatic N) is 1. The van der Waals surface area contributed by atoms with Crippen molar-refractivity contribution in [3.63, 3.8) is 0 Å². The van der Waals surface area contributed by atoms with Crippen LogP contribution in [0.15, 0.2) is 101 Å². The molecule has 0 spiro atoms. The van der Waals surface area contributed by atoms with E-state index in [0.29, 0.717) is 15.1 Å². The highest BCUT2D eigenvalue weighted by molar-refractivity contribution is 7.89. The lowest BCUT2D eigenvalue weighted by molar-refractivity contribution is 0.0732. The number of hydrogen-bond donors (Lipinski definition) is 1. The average Bonchev–Trinajstić information content (AvgIpc) is 2.91. The Bertz CT molecular complexity index is 1640. The molecule has 198 valence electrons. The number of carbonyl (C=O) groups is 2. The maximum atomic E-state index is 12.8. The van der Waals surface area contributed by atoms with Crippen molar-refractivity contribution >= 4 is 63.0 Å². The highest BCUT2D eigenvalue weighted by Gasteiger charge is 2.16. The van der Waals surface area contributed by atoms with Gasteiger partial charge in [0, 0.05) is 26.7 Å². The van der Waals surface area contributed by atoms with Crippen LogP contribution in [0, 0.1) is 0 Å². The van der Waals surface area contributed by atoms with Crippen LogP contribution in [0.1, 0.15) is 26.3 Å². The second kappa shape index (κ2) is 12.3. The molecule has 4 aromatic carbocycles. The molecule has 0 aliphatic carbocycles. The molecular formula is C27H17Cl3N2O6S. The molecule has 0 fully saturated rings. The SMILES string of the molecule is O=C(Oc1ccc(/C=N/NS(=O)(=O)c2ccc(Cl)cc2)c(OC(=O)c2ccc(Cl)cc2)c1)c1ccc(Cl)cc1. The maximum Gasteiger partial charge on any atom is 0.343 e. The lowest BCUT2D eigenvalue weighted by Gasteiger charge is -2.11. The fourth-order valence-corrected chi connectivity index (χ4v) is 4.27. The Morgan fingerprint density at radius 3 is 1.72 bits per heavy atom. The van der Waals surface area contributed by atoms with Crippen LogP contribution < -0.4 is 14.3 Å². The van der Waals surface area contributed by atoms with Crippen molar-refractivity contribution in [3.8, 4) is 11.5 Å². The molecule has 1 N–H and O–H groups in total. The predicted octanol–water partition coefficient (Wildman–Crippen LogP) is 6.40. The van der Waals surface area contributed by atoms with E-state index in [1.54, 1.807) is 12.1 Å². The molecule has 0 aliphatic rings. The average molecular weight is 604 g/mol. The molecule has 0 radical (unpaired) electrons. The van der Waals surface area contributed by atoms with E-state index in [0.717, 1.165) is 6.21 Å². The third-order valence-corrected chi connectivity index (χ3v) is 7.05. The van der Waals surface area contributed by atoms with Gasteiger partial charge in [-0.3, -0.25) is 0 Å². The molecule has 0 heterocycles. The van der Waals surface area contributed by atoms with Crippen LogP contribution in [-0.2, 0) is 10.0 Å². The molecule has 0 bridgehead atoms. The maximum absolute atomic E-state index is 12.8. The summed E-state index contributed by atoms with van der Waals surface area (Å²) >= 11 is 17.6. The number of hydrazone groups is 1. The van der Waals surface area contributed by atoms with E-state index >= 15 is 0 Å². The lowest BCUT2D eigenvalue weighted by atomic mass is 10.2. The summed E-state index contributed by atoms with van der Waals surface area (Å²) in [6.07, 6.45) is 1.14. The molecule has 0 atom stereocenters. The van der Waals surface area contributed by atoms with Crippen LogP contribution in [0.5, 0.6) is 11.5 Å². The van der Waals surface area contributed by atoms with Crippen molar-refractivity contribution in [3.05, 3.63) is 123 Å². The fourth-order valence-electron chi connectivity index (χ4n) is 3.10. The van der Waals surface area contributed by atoms with Crippen LogP contribution in [-0.4, -0.2) is 26.6 Å². The largest absolute Gasteiger partial charge is 0.423 e. The highest BCUT2D eigenvalue weighted by atomic mass is 35.5. The number of sulfonamides is 1. The molecule has 0 saturated carbocycles. The van der Waals surface area contributed by atoms with Gasteiger partial charge in [-0.25, -0.2) is 14.4 Å². The summed E-state index contributed by atoms with van der Waals surface area (Å²) in [5.41, 5.74) is 0.665. The van der Waals surface area contributed by atoms with Gasteiger partial charge in [-0.05, 0) is 84.9 Å². The van der Waals surface area contributed by atoms with Crippen LogP contribution in [0.4, 0.5) is 0 Å². The Hall–Kier alpha value is -3.89. The van der Waals surface area contributed by atoms with Crippen molar-refractivity contribution in [1.82, 2.24) is 4.83 Å². The number of esters is 2.